The van der Waals surface area contributed by atoms with E-state index in [9.17, 15) is 0 Å². The maximum atomic E-state index is 4.92. The van der Waals surface area contributed by atoms with E-state index in [1.54, 1.807) is 11.3 Å². The van der Waals surface area contributed by atoms with E-state index in [2.05, 4.69) is 49.8 Å². The highest BCUT2D eigenvalue weighted by Gasteiger charge is 2.34. The summed E-state index contributed by atoms with van der Waals surface area (Å²) in [5.41, 5.74) is 1.90. The predicted octanol–water partition coefficient (Wildman–Crippen LogP) is 3.72. The Morgan fingerprint density at radius 1 is 1.08 bits per heavy atom. The highest BCUT2D eigenvalue weighted by molar-refractivity contribution is 8.00. The van der Waals surface area contributed by atoms with Crippen LogP contribution in [-0.2, 0) is 0 Å². The van der Waals surface area contributed by atoms with Gasteiger partial charge in [0, 0.05) is 34.5 Å². The Hall–Kier alpha value is -1.60. The molecule has 1 aliphatic heterocycles. The molecular formula is C17H19N5S2. The maximum Gasteiger partial charge on any atom is 0.186 e. The van der Waals surface area contributed by atoms with Gasteiger partial charge in [-0.05, 0) is 36.4 Å². The number of hydrogen-bond acceptors (Lipinski definition) is 6. The lowest BCUT2D eigenvalue weighted by Crippen LogP contribution is -2.49. The number of nitrogens with zero attached hydrogens (tertiary/aromatic N) is 5. The first kappa shape index (κ1) is 14.7. The molecule has 2 unspecified atom stereocenters. The molecule has 1 saturated carbocycles. The van der Waals surface area contributed by atoms with Crippen molar-refractivity contribution in [2.75, 3.05) is 17.2 Å². The first-order valence-electron chi connectivity index (χ1n) is 8.53. The molecule has 7 heteroatoms. The zero-order valence-electron chi connectivity index (χ0n) is 13.3. The highest BCUT2D eigenvalue weighted by atomic mass is 32.2. The topological polar surface area (TPSA) is 46.3 Å². The van der Waals surface area contributed by atoms with Crippen molar-refractivity contribution in [1.29, 1.82) is 0 Å². The second-order valence-corrected chi connectivity index (χ2v) is 8.58. The minimum absolute atomic E-state index is 0.628. The van der Waals surface area contributed by atoms with Crippen molar-refractivity contribution in [1.82, 2.24) is 19.8 Å². The van der Waals surface area contributed by atoms with E-state index in [0.717, 1.165) is 34.6 Å². The Labute approximate surface area is 149 Å². The van der Waals surface area contributed by atoms with Gasteiger partial charge in [-0.2, -0.15) is 27.6 Å². The van der Waals surface area contributed by atoms with Crippen LogP contribution in [-0.4, -0.2) is 43.4 Å². The second-order valence-electron chi connectivity index (χ2n) is 6.45. The largest absolute Gasteiger partial charge is 0.350 e. The normalized spacial score (nSPS) is 24.2. The third kappa shape index (κ3) is 2.41. The molecule has 0 radical (unpaired) electrons. The van der Waals surface area contributed by atoms with Gasteiger partial charge in [-0.1, -0.05) is 12.8 Å². The molecule has 2 aliphatic rings. The molecule has 1 saturated heterocycles. The second kappa shape index (κ2) is 6.04. The van der Waals surface area contributed by atoms with Crippen LogP contribution in [0.2, 0.25) is 0 Å². The highest BCUT2D eigenvalue weighted by Crippen LogP contribution is 2.37. The van der Waals surface area contributed by atoms with Crippen LogP contribution < -0.4 is 4.90 Å². The van der Waals surface area contributed by atoms with Gasteiger partial charge in [-0.3, -0.25) is 0 Å². The van der Waals surface area contributed by atoms with Crippen LogP contribution in [0.1, 0.15) is 25.7 Å². The predicted molar refractivity (Wildman–Crippen MR) is 99.9 cm³/mol. The summed E-state index contributed by atoms with van der Waals surface area (Å²) in [5.74, 6) is 3.09. The Kier molecular flexibility index (Phi) is 3.70. The Balaban J connectivity index is 1.56. The lowest BCUT2D eigenvalue weighted by atomic mass is 9.93. The van der Waals surface area contributed by atoms with Gasteiger partial charge in [0.15, 0.2) is 11.5 Å². The molecule has 3 aromatic rings. The van der Waals surface area contributed by atoms with Crippen molar-refractivity contribution >= 4 is 34.6 Å². The number of thioether (sulfide) groups is 1. The Morgan fingerprint density at radius 2 is 2.04 bits per heavy atom. The summed E-state index contributed by atoms with van der Waals surface area (Å²) in [5, 5.41) is 18.5. The number of aromatic nitrogens is 4. The van der Waals surface area contributed by atoms with Crippen molar-refractivity contribution in [3.63, 3.8) is 0 Å². The van der Waals surface area contributed by atoms with Crippen LogP contribution in [0.4, 0.5) is 5.82 Å². The van der Waals surface area contributed by atoms with E-state index in [0.29, 0.717) is 6.04 Å². The zero-order valence-corrected chi connectivity index (χ0v) is 15.0. The van der Waals surface area contributed by atoms with Crippen LogP contribution in [0.5, 0.6) is 0 Å². The van der Waals surface area contributed by atoms with Crippen LogP contribution in [0.15, 0.2) is 29.0 Å². The van der Waals surface area contributed by atoms with E-state index in [-0.39, 0.29) is 0 Å². The molecule has 0 bridgehead atoms. The van der Waals surface area contributed by atoms with Gasteiger partial charge in [-0.25, -0.2) is 0 Å². The summed E-state index contributed by atoms with van der Waals surface area (Å²) in [7, 11) is 0. The van der Waals surface area contributed by atoms with Crippen LogP contribution >= 0.6 is 23.1 Å². The van der Waals surface area contributed by atoms with Gasteiger partial charge in [0.25, 0.3) is 0 Å². The molecule has 5 nitrogen and oxygen atoms in total. The molecule has 0 N–H and O–H groups in total. The molecule has 2 atom stereocenters. The number of thiophene rings is 1. The number of hydrogen-bond donors (Lipinski definition) is 0. The molecule has 5 rings (SSSR count). The van der Waals surface area contributed by atoms with Crippen molar-refractivity contribution in [3.05, 3.63) is 29.0 Å². The summed E-state index contributed by atoms with van der Waals surface area (Å²) < 4.78 is 1.90. The van der Waals surface area contributed by atoms with Gasteiger partial charge in [0.1, 0.15) is 5.82 Å². The fourth-order valence-electron chi connectivity index (χ4n) is 3.89. The lowest BCUT2D eigenvalue weighted by Gasteiger charge is -2.44. The molecule has 0 amide bonds. The van der Waals surface area contributed by atoms with Gasteiger partial charge in [0.05, 0.1) is 0 Å². The fraction of sp³-hybridized carbons (Fsp3) is 0.471. The quantitative estimate of drug-likeness (QED) is 0.699. The maximum absolute atomic E-state index is 4.92. The third-order valence-electron chi connectivity index (χ3n) is 5.05. The van der Waals surface area contributed by atoms with Crippen LogP contribution in [0, 0.1) is 0 Å². The summed E-state index contributed by atoms with van der Waals surface area (Å²) in [6.45, 7) is 1.08. The molecule has 124 valence electrons. The van der Waals surface area contributed by atoms with Gasteiger partial charge < -0.3 is 4.90 Å². The summed E-state index contributed by atoms with van der Waals surface area (Å²) in [6, 6.07) is 6.86. The fourth-order valence-corrected chi connectivity index (χ4v) is 5.96. The van der Waals surface area contributed by atoms with E-state index >= 15 is 0 Å². The Morgan fingerprint density at radius 3 is 2.96 bits per heavy atom. The molecule has 2 fully saturated rings. The SMILES string of the molecule is c1cc(-c2nnc3ccc(N4CCSC5CCCCC54)nn23)cs1. The molecular weight excluding hydrogens is 338 g/mol. The van der Waals surface area contributed by atoms with Crippen LogP contribution in [0.3, 0.4) is 0 Å². The lowest BCUT2D eigenvalue weighted by molar-refractivity contribution is 0.419. The summed E-state index contributed by atoms with van der Waals surface area (Å²) in [4.78, 5) is 2.52. The van der Waals surface area contributed by atoms with Crippen molar-refractivity contribution in [3.8, 4) is 11.4 Å². The standard InChI is InChI=1S/C17H19N5S2/c1-2-4-14-13(3-1)21(8-10-24-14)16-6-5-15-18-19-17(22(15)20-16)12-7-9-23-11-12/h5-7,9,11,13-14H,1-4,8,10H2. The van der Waals surface area contributed by atoms with Crippen LogP contribution in [0.25, 0.3) is 17.0 Å². The average molecular weight is 358 g/mol. The molecule has 0 aromatic carbocycles. The first-order valence-corrected chi connectivity index (χ1v) is 10.5. The van der Waals surface area contributed by atoms with Crippen molar-refractivity contribution in [2.24, 2.45) is 0 Å². The third-order valence-corrected chi connectivity index (χ3v) is 7.13. The molecule has 4 heterocycles. The van der Waals surface area contributed by atoms with Gasteiger partial charge in [0.2, 0.25) is 0 Å². The van der Waals surface area contributed by atoms with Crippen molar-refractivity contribution in [2.45, 2.75) is 37.0 Å². The number of fused-ring (bicyclic) bond motifs is 2. The minimum atomic E-state index is 0.628. The smallest absolute Gasteiger partial charge is 0.186 e. The summed E-state index contributed by atoms with van der Waals surface area (Å²) in [6.07, 6.45) is 5.35. The molecule has 24 heavy (non-hydrogen) atoms. The first-order chi connectivity index (χ1) is 11.9. The average Bonchev–Trinajstić information content (AvgIpc) is 3.30. The summed E-state index contributed by atoms with van der Waals surface area (Å²) >= 11 is 3.82. The van der Waals surface area contributed by atoms with Gasteiger partial charge >= 0.3 is 0 Å². The van der Waals surface area contributed by atoms with E-state index in [1.807, 2.05) is 10.6 Å². The van der Waals surface area contributed by atoms with Crippen molar-refractivity contribution < 1.29 is 0 Å². The monoisotopic (exact) mass is 357 g/mol. The van der Waals surface area contributed by atoms with E-state index < -0.39 is 0 Å². The van der Waals surface area contributed by atoms with Gasteiger partial charge in [-0.15, -0.1) is 15.3 Å². The van der Waals surface area contributed by atoms with E-state index in [4.69, 9.17) is 5.10 Å². The zero-order chi connectivity index (χ0) is 15.9. The Bertz CT molecular complexity index is 842. The minimum Gasteiger partial charge on any atom is -0.350 e. The molecule has 1 aliphatic carbocycles. The molecule has 0 spiro atoms. The number of rotatable bonds is 2. The van der Waals surface area contributed by atoms with E-state index in [1.165, 1.54) is 31.4 Å². The molecule has 3 aromatic heterocycles. The number of anilines is 1.